The van der Waals surface area contributed by atoms with Gasteiger partial charge in [-0.05, 0) is 37.6 Å². The van der Waals surface area contributed by atoms with E-state index in [1.54, 1.807) is 4.68 Å². The van der Waals surface area contributed by atoms with Crippen molar-refractivity contribution in [3.8, 4) is 5.82 Å². The van der Waals surface area contributed by atoms with Crippen molar-refractivity contribution in [2.24, 2.45) is 0 Å². The fourth-order valence-electron chi connectivity index (χ4n) is 2.49. The van der Waals surface area contributed by atoms with Crippen LogP contribution in [0.15, 0.2) is 36.7 Å². The highest BCUT2D eigenvalue weighted by atomic mass is 32.2. The Morgan fingerprint density at radius 3 is 2.35 bits per heavy atom. The minimum absolute atomic E-state index is 0.0113. The van der Waals surface area contributed by atoms with Gasteiger partial charge in [0.15, 0.2) is 5.82 Å². The predicted molar refractivity (Wildman–Crippen MR) is 91.2 cm³/mol. The lowest BCUT2D eigenvalue weighted by atomic mass is 10.2. The lowest BCUT2D eigenvalue weighted by Gasteiger charge is -2.09. The highest BCUT2D eigenvalue weighted by molar-refractivity contribution is 7.91. The smallest absolute Gasteiger partial charge is 0.238 e. The van der Waals surface area contributed by atoms with Gasteiger partial charge < -0.3 is 0 Å². The van der Waals surface area contributed by atoms with Crippen molar-refractivity contribution in [2.45, 2.75) is 19.6 Å². The summed E-state index contributed by atoms with van der Waals surface area (Å²) in [5.74, 6) is -1.87. The van der Waals surface area contributed by atoms with Crippen molar-refractivity contribution < 1.29 is 17.2 Å². The van der Waals surface area contributed by atoms with Gasteiger partial charge in [-0.3, -0.25) is 4.72 Å². The first kappa shape index (κ1) is 17.9. The third-order valence-electron chi connectivity index (χ3n) is 3.42. The Kier molecular flexibility index (Phi) is 4.68. The van der Waals surface area contributed by atoms with Crippen LogP contribution in [0, 0.1) is 25.5 Å². The number of nitrogens with one attached hydrogen (secondary N) is 1. The number of hydrogen-bond acceptors (Lipinski definition) is 5. The van der Waals surface area contributed by atoms with Crippen molar-refractivity contribution in [2.75, 3.05) is 4.72 Å². The summed E-state index contributed by atoms with van der Waals surface area (Å²) in [7, 11) is -3.93. The molecular weight excluding hydrogens is 364 g/mol. The van der Waals surface area contributed by atoms with Gasteiger partial charge in [0.05, 0.1) is 11.4 Å². The summed E-state index contributed by atoms with van der Waals surface area (Å²) < 4.78 is 54.8. The largest absolute Gasteiger partial charge is 0.267 e. The van der Waals surface area contributed by atoms with Crippen LogP contribution in [0.1, 0.15) is 17.0 Å². The summed E-state index contributed by atoms with van der Waals surface area (Å²) in [6.07, 6.45) is 1.20. The zero-order valence-electron chi connectivity index (χ0n) is 13.9. The molecule has 1 aromatic carbocycles. The molecule has 0 amide bonds. The fourth-order valence-corrected chi connectivity index (χ4v) is 3.60. The van der Waals surface area contributed by atoms with Gasteiger partial charge >= 0.3 is 0 Å². The number of rotatable bonds is 5. The molecule has 0 bridgehead atoms. The molecule has 7 nitrogen and oxygen atoms in total. The molecule has 1 N–H and O–H groups in total. The highest BCUT2D eigenvalue weighted by Gasteiger charge is 2.15. The SMILES string of the molecule is Cc1cc(C)n(-c2cc(NS(=O)(=O)Cc3cc(F)cc(F)c3)ncn2)n1. The maximum absolute atomic E-state index is 13.2. The molecule has 3 aromatic rings. The van der Waals surface area contributed by atoms with Crippen molar-refractivity contribution in [3.05, 3.63) is 65.2 Å². The summed E-state index contributed by atoms with van der Waals surface area (Å²) in [4.78, 5) is 7.95. The molecule has 0 saturated heterocycles. The van der Waals surface area contributed by atoms with E-state index in [0.717, 1.165) is 23.5 Å². The van der Waals surface area contributed by atoms with Crippen molar-refractivity contribution in [1.82, 2.24) is 19.7 Å². The van der Waals surface area contributed by atoms with Crippen LogP contribution in [0.4, 0.5) is 14.6 Å². The Morgan fingerprint density at radius 1 is 1.04 bits per heavy atom. The first-order chi connectivity index (χ1) is 12.2. The summed E-state index contributed by atoms with van der Waals surface area (Å²) in [5.41, 5.74) is 1.60. The van der Waals surface area contributed by atoms with Gasteiger partial charge in [0.25, 0.3) is 0 Å². The van der Waals surface area contributed by atoms with Gasteiger partial charge in [-0.25, -0.2) is 31.8 Å². The van der Waals surface area contributed by atoms with Gasteiger partial charge in [0.2, 0.25) is 10.0 Å². The van der Waals surface area contributed by atoms with E-state index in [1.807, 2.05) is 19.9 Å². The number of aromatic nitrogens is 4. The van der Waals surface area contributed by atoms with Crippen LogP contribution in [0.3, 0.4) is 0 Å². The standard InChI is InChI=1S/C16H15F2N5O2S/c1-10-3-11(2)23(21-10)16-7-15(19-9-20-16)22-26(24,25)8-12-4-13(17)6-14(18)5-12/h3-7,9H,8H2,1-2H3,(H,19,20,22). The van der Waals surface area contributed by atoms with Crippen molar-refractivity contribution in [3.63, 3.8) is 0 Å². The summed E-state index contributed by atoms with van der Waals surface area (Å²) in [6.45, 7) is 3.66. The minimum atomic E-state index is -3.93. The second kappa shape index (κ2) is 6.79. The van der Waals surface area contributed by atoms with E-state index in [9.17, 15) is 17.2 Å². The Labute approximate surface area is 148 Å². The maximum Gasteiger partial charge on any atom is 0.238 e. The lowest BCUT2D eigenvalue weighted by molar-refractivity contribution is 0.579. The summed E-state index contributed by atoms with van der Waals surface area (Å²) in [5, 5.41) is 4.27. The van der Waals surface area contributed by atoms with E-state index >= 15 is 0 Å². The van der Waals surface area contributed by atoms with Gasteiger partial charge in [0.1, 0.15) is 23.8 Å². The first-order valence-corrected chi connectivity index (χ1v) is 9.18. The van der Waals surface area contributed by atoms with Gasteiger partial charge in [-0.2, -0.15) is 5.10 Å². The molecule has 0 atom stereocenters. The van der Waals surface area contributed by atoms with Crippen LogP contribution in [-0.4, -0.2) is 28.2 Å². The highest BCUT2D eigenvalue weighted by Crippen LogP contribution is 2.16. The molecule has 0 saturated carbocycles. The minimum Gasteiger partial charge on any atom is -0.267 e. The molecule has 26 heavy (non-hydrogen) atoms. The maximum atomic E-state index is 13.2. The number of sulfonamides is 1. The zero-order chi connectivity index (χ0) is 18.9. The van der Waals surface area contributed by atoms with E-state index in [1.165, 1.54) is 12.4 Å². The number of aryl methyl sites for hydroxylation is 2. The predicted octanol–water partition coefficient (Wildman–Crippen LogP) is 2.50. The second-order valence-electron chi connectivity index (χ2n) is 5.74. The van der Waals surface area contributed by atoms with E-state index in [2.05, 4.69) is 19.8 Å². The van der Waals surface area contributed by atoms with Crippen molar-refractivity contribution in [1.29, 1.82) is 0 Å². The first-order valence-electron chi connectivity index (χ1n) is 7.53. The average Bonchev–Trinajstić information content (AvgIpc) is 2.84. The number of anilines is 1. The molecule has 3 rings (SSSR count). The molecule has 0 aliphatic heterocycles. The number of hydrogen-bond donors (Lipinski definition) is 1. The van der Waals surface area contributed by atoms with E-state index < -0.39 is 27.4 Å². The Bertz CT molecular complexity index is 1050. The average molecular weight is 379 g/mol. The monoisotopic (exact) mass is 379 g/mol. The molecule has 2 heterocycles. The van der Waals surface area contributed by atoms with Gasteiger partial charge in [-0.1, -0.05) is 0 Å². The van der Waals surface area contributed by atoms with Crippen LogP contribution in [0.25, 0.3) is 5.82 Å². The van der Waals surface area contributed by atoms with Crippen LogP contribution < -0.4 is 4.72 Å². The Balaban J connectivity index is 1.84. The molecule has 0 fully saturated rings. The Hall–Kier alpha value is -2.88. The molecule has 0 radical (unpaired) electrons. The number of nitrogens with zero attached hydrogens (tertiary/aromatic N) is 4. The molecule has 10 heteroatoms. The van der Waals surface area contributed by atoms with Crippen LogP contribution in [-0.2, 0) is 15.8 Å². The third-order valence-corrected chi connectivity index (χ3v) is 4.65. The molecule has 2 aromatic heterocycles. The molecule has 0 unspecified atom stereocenters. The van der Waals surface area contributed by atoms with E-state index in [0.29, 0.717) is 11.9 Å². The topological polar surface area (TPSA) is 89.8 Å². The van der Waals surface area contributed by atoms with Crippen LogP contribution in [0.5, 0.6) is 0 Å². The quantitative estimate of drug-likeness (QED) is 0.736. The van der Waals surface area contributed by atoms with E-state index in [4.69, 9.17) is 0 Å². The molecular formula is C16H15F2N5O2S. The molecule has 0 spiro atoms. The normalized spacial score (nSPS) is 11.5. The van der Waals surface area contributed by atoms with Crippen molar-refractivity contribution >= 4 is 15.8 Å². The van der Waals surface area contributed by atoms with E-state index in [-0.39, 0.29) is 11.4 Å². The Morgan fingerprint density at radius 2 is 1.73 bits per heavy atom. The van der Waals surface area contributed by atoms with Gasteiger partial charge in [-0.15, -0.1) is 0 Å². The molecule has 136 valence electrons. The second-order valence-corrected chi connectivity index (χ2v) is 7.46. The van der Waals surface area contributed by atoms with Gasteiger partial charge in [0, 0.05) is 17.8 Å². The zero-order valence-corrected chi connectivity index (χ0v) is 14.8. The summed E-state index contributed by atoms with van der Waals surface area (Å²) >= 11 is 0. The summed E-state index contributed by atoms with van der Waals surface area (Å²) in [6, 6.07) is 5.87. The number of halogens is 2. The molecule has 0 aliphatic rings. The third kappa shape index (κ3) is 4.20. The fraction of sp³-hybridized carbons (Fsp3) is 0.188. The lowest BCUT2D eigenvalue weighted by Crippen LogP contribution is -2.17. The number of benzene rings is 1. The van der Waals surface area contributed by atoms with Crippen LogP contribution in [0.2, 0.25) is 0 Å². The van der Waals surface area contributed by atoms with Crippen LogP contribution >= 0.6 is 0 Å². The molecule has 0 aliphatic carbocycles.